The zero-order valence-corrected chi connectivity index (χ0v) is 12.9. The molecule has 2 nitrogen and oxygen atoms in total. The van der Waals surface area contributed by atoms with Crippen molar-refractivity contribution in [1.82, 2.24) is 0 Å². The molecule has 0 fully saturated rings. The van der Waals surface area contributed by atoms with Gasteiger partial charge in [0.2, 0.25) is 0 Å². The Morgan fingerprint density at radius 3 is 1.68 bits per heavy atom. The zero-order valence-electron chi connectivity index (χ0n) is 12.0. The predicted molar refractivity (Wildman–Crippen MR) is 89.9 cm³/mol. The minimum absolute atomic E-state index is 0.824. The molecule has 1 heterocycles. The first-order chi connectivity index (χ1) is 10.9. The van der Waals surface area contributed by atoms with Gasteiger partial charge in [0, 0.05) is 6.42 Å². The van der Waals surface area contributed by atoms with Gasteiger partial charge in [-0.25, -0.2) is 0 Å². The highest BCUT2D eigenvalue weighted by Gasteiger charge is 2.23. The molecule has 22 heavy (non-hydrogen) atoms. The average Bonchev–Trinajstić information content (AvgIpc) is 2.56. The number of hydrogen-bond donors (Lipinski definition) is 0. The van der Waals surface area contributed by atoms with Gasteiger partial charge in [0.05, 0.1) is 5.30 Å². The molecule has 0 amide bonds. The molecule has 1 aliphatic heterocycles. The van der Waals surface area contributed by atoms with Crippen LogP contribution in [0.15, 0.2) is 78.9 Å². The van der Waals surface area contributed by atoms with Crippen molar-refractivity contribution < 1.29 is 9.05 Å². The van der Waals surface area contributed by atoms with Gasteiger partial charge in [-0.15, -0.1) is 0 Å². The fourth-order valence-corrected chi connectivity index (χ4v) is 3.91. The van der Waals surface area contributed by atoms with Crippen LogP contribution in [0.5, 0.6) is 11.5 Å². The van der Waals surface area contributed by atoms with Crippen LogP contribution in [-0.4, -0.2) is 0 Å². The van der Waals surface area contributed by atoms with Crippen molar-refractivity contribution in [3.05, 3.63) is 90.0 Å². The summed E-state index contributed by atoms with van der Waals surface area (Å²) in [4.78, 5) is 0. The molecule has 0 radical (unpaired) electrons. The van der Waals surface area contributed by atoms with Gasteiger partial charge in [-0.05, 0) is 35.4 Å². The van der Waals surface area contributed by atoms with Gasteiger partial charge in [0.1, 0.15) is 11.5 Å². The van der Waals surface area contributed by atoms with E-state index in [-0.39, 0.29) is 0 Å². The quantitative estimate of drug-likeness (QED) is 0.607. The molecule has 0 saturated carbocycles. The number of rotatable bonds is 1. The second kappa shape index (κ2) is 5.82. The maximum Gasteiger partial charge on any atom is 0.326 e. The highest BCUT2D eigenvalue weighted by molar-refractivity contribution is 7.56. The molecule has 0 atom stereocenters. The van der Waals surface area contributed by atoms with Crippen LogP contribution in [0.2, 0.25) is 0 Å². The first kappa shape index (κ1) is 13.4. The zero-order chi connectivity index (χ0) is 14.8. The molecule has 3 aromatic carbocycles. The highest BCUT2D eigenvalue weighted by atomic mass is 31.2. The molecule has 0 aliphatic carbocycles. The van der Waals surface area contributed by atoms with Crippen molar-refractivity contribution in [2.45, 2.75) is 6.42 Å². The Hall–Kier alpha value is -2.31. The third-order valence-electron chi connectivity index (χ3n) is 3.66. The summed E-state index contributed by atoms with van der Waals surface area (Å²) in [5, 5.41) is 1.07. The molecule has 4 rings (SSSR count). The Bertz CT molecular complexity index is 739. The van der Waals surface area contributed by atoms with E-state index in [1.54, 1.807) is 0 Å². The monoisotopic (exact) mass is 306 g/mol. The Balaban J connectivity index is 1.82. The lowest BCUT2D eigenvalue weighted by atomic mass is 10.0. The second-order valence-electron chi connectivity index (χ2n) is 5.17. The van der Waals surface area contributed by atoms with Crippen LogP contribution in [-0.2, 0) is 6.42 Å². The van der Waals surface area contributed by atoms with Gasteiger partial charge in [-0.2, -0.15) is 0 Å². The van der Waals surface area contributed by atoms with Crippen molar-refractivity contribution in [2.75, 3.05) is 0 Å². The Morgan fingerprint density at radius 1 is 0.591 bits per heavy atom. The van der Waals surface area contributed by atoms with Gasteiger partial charge in [-0.1, -0.05) is 54.6 Å². The Labute approximate surface area is 131 Å². The van der Waals surface area contributed by atoms with E-state index in [9.17, 15) is 0 Å². The maximum atomic E-state index is 6.22. The van der Waals surface area contributed by atoms with E-state index >= 15 is 0 Å². The van der Waals surface area contributed by atoms with E-state index in [0.717, 1.165) is 23.2 Å². The van der Waals surface area contributed by atoms with E-state index in [2.05, 4.69) is 36.4 Å². The van der Waals surface area contributed by atoms with Gasteiger partial charge < -0.3 is 9.05 Å². The molecule has 1 aliphatic rings. The molecule has 3 heteroatoms. The van der Waals surface area contributed by atoms with E-state index in [1.807, 2.05) is 42.5 Å². The van der Waals surface area contributed by atoms with Crippen molar-refractivity contribution >= 4 is 13.7 Å². The third-order valence-corrected chi connectivity index (χ3v) is 5.10. The summed E-state index contributed by atoms with van der Waals surface area (Å²) >= 11 is 0. The summed E-state index contributed by atoms with van der Waals surface area (Å²) in [5.41, 5.74) is 2.39. The lowest BCUT2D eigenvalue weighted by Gasteiger charge is -2.24. The molecule has 0 N–H and O–H groups in total. The molecule has 0 saturated heterocycles. The fraction of sp³-hybridized carbons (Fsp3) is 0.0526. The molecule has 108 valence electrons. The minimum Gasteiger partial charge on any atom is -0.435 e. The summed E-state index contributed by atoms with van der Waals surface area (Å²) in [6, 6.07) is 26.5. The van der Waals surface area contributed by atoms with Crippen molar-refractivity contribution in [3.63, 3.8) is 0 Å². The summed E-state index contributed by atoms with van der Waals surface area (Å²) in [6.45, 7) is 0. The van der Waals surface area contributed by atoms with E-state index in [0.29, 0.717) is 0 Å². The maximum absolute atomic E-state index is 6.22. The third kappa shape index (κ3) is 2.58. The van der Waals surface area contributed by atoms with Crippen molar-refractivity contribution in [3.8, 4) is 11.5 Å². The average molecular weight is 306 g/mol. The summed E-state index contributed by atoms with van der Waals surface area (Å²) < 4.78 is 12.4. The highest BCUT2D eigenvalue weighted by Crippen LogP contribution is 2.44. The molecule has 0 bridgehead atoms. The lowest BCUT2D eigenvalue weighted by molar-refractivity contribution is 0.488. The molecule has 3 aromatic rings. The number of para-hydroxylation sites is 2. The van der Waals surface area contributed by atoms with Crippen LogP contribution in [0.3, 0.4) is 0 Å². The first-order valence-corrected chi connectivity index (χ1v) is 8.45. The van der Waals surface area contributed by atoms with E-state index in [4.69, 9.17) is 9.05 Å². The first-order valence-electron chi connectivity index (χ1n) is 7.27. The minimum atomic E-state index is -1.18. The number of hydrogen-bond acceptors (Lipinski definition) is 2. The molecular weight excluding hydrogens is 291 g/mol. The van der Waals surface area contributed by atoms with Gasteiger partial charge in [0.15, 0.2) is 0 Å². The van der Waals surface area contributed by atoms with Crippen LogP contribution >= 0.6 is 8.38 Å². The number of benzene rings is 3. The van der Waals surface area contributed by atoms with Gasteiger partial charge in [0.25, 0.3) is 0 Å². The predicted octanol–water partition coefficient (Wildman–Crippen LogP) is 4.69. The number of fused-ring (bicyclic) bond motifs is 2. The Kier molecular flexibility index (Phi) is 3.54. The smallest absolute Gasteiger partial charge is 0.326 e. The van der Waals surface area contributed by atoms with E-state index < -0.39 is 8.38 Å². The molecule has 0 unspecified atom stereocenters. The summed E-state index contributed by atoms with van der Waals surface area (Å²) in [6.07, 6.45) is 0.824. The Morgan fingerprint density at radius 2 is 1.09 bits per heavy atom. The molecular formula is C19H15O2P. The normalized spacial score (nSPS) is 13.8. The largest absolute Gasteiger partial charge is 0.435 e. The van der Waals surface area contributed by atoms with Crippen molar-refractivity contribution in [1.29, 1.82) is 0 Å². The van der Waals surface area contributed by atoms with E-state index in [1.165, 1.54) is 11.1 Å². The van der Waals surface area contributed by atoms with Crippen LogP contribution in [0.25, 0.3) is 0 Å². The second-order valence-corrected chi connectivity index (χ2v) is 6.56. The van der Waals surface area contributed by atoms with Crippen molar-refractivity contribution in [2.24, 2.45) is 0 Å². The van der Waals surface area contributed by atoms with Crippen LogP contribution in [0.1, 0.15) is 11.1 Å². The molecule has 0 aromatic heterocycles. The topological polar surface area (TPSA) is 18.5 Å². The molecule has 0 spiro atoms. The van der Waals surface area contributed by atoms with Crippen LogP contribution in [0.4, 0.5) is 0 Å². The van der Waals surface area contributed by atoms with Crippen LogP contribution in [0, 0.1) is 0 Å². The fourth-order valence-electron chi connectivity index (χ4n) is 2.54. The lowest BCUT2D eigenvalue weighted by Crippen LogP contribution is -2.13. The SMILES string of the molecule is c1ccc(P2Oc3ccccc3Cc3ccccc3O2)cc1. The summed E-state index contributed by atoms with van der Waals surface area (Å²) in [5.74, 6) is 1.82. The van der Waals surface area contributed by atoms with Gasteiger partial charge >= 0.3 is 8.38 Å². The standard InChI is InChI=1S/C19H15O2P/c1-2-10-17(11-3-1)22-20-18-12-6-4-8-15(18)14-16-9-5-7-13-19(16)21-22/h1-13H,14H2. The van der Waals surface area contributed by atoms with Gasteiger partial charge in [-0.3, -0.25) is 0 Å². The summed E-state index contributed by atoms with van der Waals surface area (Å²) in [7, 11) is -1.18. The van der Waals surface area contributed by atoms with Crippen LogP contribution < -0.4 is 14.4 Å².